The summed E-state index contributed by atoms with van der Waals surface area (Å²) in [4.78, 5) is 23.2. The predicted octanol–water partition coefficient (Wildman–Crippen LogP) is 3.15. The van der Waals surface area contributed by atoms with Gasteiger partial charge in [-0.3, -0.25) is 4.79 Å². The third kappa shape index (κ3) is 6.36. The van der Waals surface area contributed by atoms with E-state index in [1.54, 1.807) is 0 Å². The van der Waals surface area contributed by atoms with Crippen LogP contribution in [0.5, 0.6) is 0 Å². The van der Waals surface area contributed by atoms with Crippen LogP contribution in [0.2, 0.25) is 0 Å². The summed E-state index contributed by atoms with van der Waals surface area (Å²) in [7, 11) is 0. The van der Waals surface area contributed by atoms with E-state index >= 15 is 0 Å². The Kier molecular flexibility index (Phi) is 8.16. The SMILES string of the molecule is CCCCC(CC)CNC(=O)NC1CCCCC1C(=O)O. The normalized spacial score (nSPS) is 23.3. The molecule has 0 heterocycles. The van der Waals surface area contributed by atoms with Crippen molar-refractivity contribution in [1.82, 2.24) is 10.6 Å². The average Bonchev–Trinajstić information content (AvgIpc) is 2.47. The summed E-state index contributed by atoms with van der Waals surface area (Å²) in [5, 5.41) is 15.0. The lowest BCUT2D eigenvalue weighted by Gasteiger charge is -2.29. The fourth-order valence-electron chi connectivity index (χ4n) is 3.00. The van der Waals surface area contributed by atoms with Gasteiger partial charge in [-0.15, -0.1) is 0 Å². The molecule has 2 amide bonds. The first kappa shape index (κ1) is 17.8. The Morgan fingerprint density at radius 3 is 2.57 bits per heavy atom. The van der Waals surface area contributed by atoms with Gasteiger partial charge in [0, 0.05) is 12.6 Å². The van der Waals surface area contributed by atoms with Gasteiger partial charge in [-0.2, -0.15) is 0 Å². The van der Waals surface area contributed by atoms with Crippen LogP contribution < -0.4 is 10.6 Å². The van der Waals surface area contributed by atoms with Crippen LogP contribution in [0.25, 0.3) is 0 Å². The zero-order valence-electron chi connectivity index (χ0n) is 13.4. The molecule has 1 rings (SSSR count). The number of carboxylic acids is 1. The van der Waals surface area contributed by atoms with Crippen molar-refractivity contribution in [2.75, 3.05) is 6.54 Å². The first-order chi connectivity index (χ1) is 10.1. The highest BCUT2D eigenvalue weighted by molar-refractivity contribution is 5.76. The van der Waals surface area contributed by atoms with Crippen molar-refractivity contribution in [3.63, 3.8) is 0 Å². The highest BCUT2D eigenvalue weighted by Gasteiger charge is 2.31. The third-order valence-corrected chi connectivity index (χ3v) is 4.49. The van der Waals surface area contributed by atoms with Gasteiger partial charge in [-0.25, -0.2) is 4.79 Å². The Morgan fingerprint density at radius 2 is 1.95 bits per heavy atom. The summed E-state index contributed by atoms with van der Waals surface area (Å²) in [5.74, 6) is -0.724. The molecule has 0 spiro atoms. The quantitative estimate of drug-likeness (QED) is 0.644. The molecule has 122 valence electrons. The average molecular weight is 298 g/mol. The molecule has 3 N–H and O–H groups in total. The number of hydrogen-bond acceptors (Lipinski definition) is 2. The van der Waals surface area contributed by atoms with E-state index in [2.05, 4.69) is 24.5 Å². The molecule has 0 aromatic rings. The number of nitrogens with one attached hydrogen (secondary N) is 2. The van der Waals surface area contributed by atoms with Gasteiger partial charge in [0.1, 0.15) is 0 Å². The van der Waals surface area contributed by atoms with Gasteiger partial charge in [0.15, 0.2) is 0 Å². The Labute approximate surface area is 127 Å². The molecule has 0 bridgehead atoms. The maximum atomic E-state index is 12.0. The smallest absolute Gasteiger partial charge is 0.315 e. The Morgan fingerprint density at radius 1 is 1.24 bits per heavy atom. The van der Waals surface area contributed by atoms with E-state index in [1.165, 1.54) is 12.8 Å². The highest BCUT2D eigenvalue weighted by atomic mass is 16.4. The van der Waals surface area contributed by atoms with Crippen LogP contribution in [-0.4, -0.2) is 29.7 Å². The summed E-state index contributed by atoms with van der Waals surface area (Å²) in [6, 6.07) is -0.449. The maximum Gasteiger partial charge on any atom is 0.315 e. The summed E-state index contributed by atoms with van der Waals surface area (Å²) >= 11 is 0. The highest BCUT2D eigenvalue weighted by Crippen LogP contribution is 2.24. The molecular formula is C16H30N2O3. The van der Waals surface area contributed by atoms with Gasteiger partial charge in [0.25, 0.3) is 0 Å². The van der Waals surface area contributed by atoms with Crippen LogP contribution in [-0.2, 0) is 4.79 Å². The number of urea groups is 1. The van der Waals surface area contributed by atoms with E-state index in [0.29, 0.717) is 18.9 Å². The second-order valence-corrected chi connectivity index (χ2v) is 6.11. The fraction of sp³-hybridized carbons (Fsp3) is 0.875. The molecule has 5 nitrogen and oxygen atoms in total. The predicted molar refractivity (Wildman–Crippen MR) is 83.2 cm³/mol. The zero-order valence-corrected chi connectivity index (χ0v) is 13.4. The van der Waals surface area contributed by atoms with Crippen molar-refractivity contribution >= 4 is 12.0 Å². The van der Waals surface area contributed by atoms with Crippen molar-refractivity contribution in [2.24, 2.45) is 11.8 Å². The lowest BCUT2D eigenvalue weighted by molar-refractivity contribution is -0.143. The van der Waals surface area contributed by atoms with Crippen LogP contribution in [0.4, 0.5) is 4.79 Å². The van der Waals surface area contributed by atoms with Crippen LogP contribution in [0.1, 0.15) is 65.2 Å². The largest absolute Gasteiger partial charge is 0.481 e. The lowest BCUT2D eigenvalue weighted by atomic mass is 9.84. The minimum absolute atomic E-state index is 0.219. The first-order valence-corrected chi connectivity index (χ1v) is 8.35. The molecule has 1 fully saturated rings. The lowest BCUT2D eigenvalue weighted by Crippen LogP contribution is -2.49. The van der Waals surface area contributed by atoms with E-state index in [0.717, 1.165) is 32.1 Å². The standard InChI is InChI=1S/C16H30N2O3/c1-3-5-8-12(4-2)11-17-16(21)18-14-10-7-6-9-13(14)15(19)20/h12-14H,3-11H2,1-2H3,(H,19,20)(H2,17,18,21). The molecule has 1 saturated carbocycles. The number of hydrogen-bond donors (Lipinski definition) is 3. The summed E-state index contributed by atoms with van der Waals surface area (Å²) in [6.07, 6.45) is 7.90. The van der Waals surface area contributed by atoms with Gasteiger partial charge in [-0.05, 0) is 25.2 Å². The molecule has 0 aliphatic heterocycles. The minimum atomic E-state index is -0.797. The van der Waals surface area contributed by atoms with Crippen molar-refractivity contribution in [3.8, 4) is 0 Å². The molecule has 21 heavy (non-hydrogen) atoms. The first-order valence-electron chi connectivity index (χ1n) is 8.35. The number of rotatable bonds is 8. The van der Waals surface area contributed by atoms with E-state index in [1.807, 2.05) is 0 Å². The van der Waals surface area contributed by atoms with E-state index in [-0.39, 0.29) is 12.1 Å². The number of carbonyl (C=O) groups is 2. The van der Waals surface area contributed by atoms with Crippen molar-refractivity contribution in [3.05, 3.63) is 0 Å². The minimum Gasteiger partial charge on any atom is -0.481 e. The third-order valence-electron chi connectivity index (χ3n) is 4.49. The molecule has 1 aliphatic carbocycles. The summed E-state index contributed by atoms with van der Waals surface area (Å²) < 4.78 is 0. The van der Waals surface area contributed by atoms with Crippen LogP contribution in [0.15, 0.2) is 0 Å². The molecule has 3 unspecified atom stereocenters. The molecule has 5 heteroatoms. The van der Waals surface area contributed by atoms with Crippen LogP contribution in [0, 0.1) is 11.8 Å². The number of carbonyl (C=O) groups excluding carboxylic acids is 1. The second-order valence-electron chi connectivity index (χ2n) is 6.11. The topological polar surface area (TPSA) is 78.4 Å². The molecule has 0 aromatic carbocycles. The number of aliphatic carboxylic acids is 1. The molecule has 0 aromatic heterocycles. The molecular weight excluding hydrogens is 268 g/mol. The van der Waals surface area contributed by atoms with Crippen LogP contribution >= 0.6 is 0 Å². The monoisotopic (exact) mass is 298 g/mol. The second kappa shape index (κ2) is 9.64. The van der Waals surface area contributed by atoms with Gasteiger partial charge >= 0.3 is 12.0 Å². The number of unbranched alkanes of at least 4 members (excludes halogenated alkanes) is 1. The van der Waals surface area contributed by atoms with Crippen LogP contribution in [0.3, 0.4) is 0 Å². The van der Waals surface area contributed by atoms with E-state index in [4.69, 9.17) is 0 Å². The van der Waals surface area contributed by atoms with Gasteiger partial charge in [0.05, 0.1) is 5.92 Å². The summed E-state index contributed by atoms with van der Waals surface area (Å²) in [5.41, 5.74) is 0. The molecule has 0 radical (unpaired) electrons. The number of amides is 2. The molecule has 1 aliphatic rings. The fourth-order valence-corrected chi connectivity index (χ4v) is 3.00. The van der Waals surface area contributed by atoms with Crippen molar-refractivity contribution in [1.29, 1.82) is 0 Å². The van der Waals surface area contributed by atoms with Gasteiger partial charge in [-0.1, -0.05) is 46.0 Å². The summed E-state index contributed by atoms with van der Waals surface area (Å²) in [6.45, 7) is 4.98. The Bertz CT molecular complexity index is 333. The van der Waals surface area contributed by atoms with Gasteiger partial charge < -0.3 is 15.7 Å². The van der Waals surface area contributed by atoms with E-state index < -0.39 is 11.9 Å². The van der Waals surface area contributed by atoms with Crippen molar-refractivity contribution in [2.45, 2.75) is 71.3 Å². The zero-order chi connectivity index (χ0) is 15.7. The molecule has 0 saturated heterocycles. The van der Waals surface area contributed by atoms with Gasteiger partial charge in [0.2, 0.25) is 0 Å². The van der Waals surface area contributed by atoms with E-state index in [9.17, 15) is 14.7 Å². The number of carboxylic acid groups (broad SMARTS) is 1. The maximum absolute atomic E-state index is 12.0. The van der Waals surface area contributed by atoms with Crippen molar-refractivity contribution < 1.29 is 14.7 Å². The Balaban J connectivity index is 2.36. The molecule has 3 atom stereocenters. The Hall–Kier alpha value is -1.26.